The minimum Gasteiger partial charge on any atom is -0.383 e. The quantitative estimate of drug-likeness (QED) is 0.328. The molecule has 0 fully saturated rings. The van der Waals surface area contributed by atoms with E-state index in [1.165, 1.54) is 12.1 Å². The number of nitro groups is 1. The van der Waals surface area contributed by atoms with E-state index in [1.54, 1.807) is 19.9 Å². The minimum absolute atomic E-state index is 0.123. The Balaban J connectivity index is 2.88. The van der Waals surface area contributed by atoms with Crippen molar-refractivity contribution in [3.8, 4) is 0 Å². The van der Waals surface area contributed by atoms with Gasteiger partial charge in [0.1, 0.15) is 0 Å². The van der Waals surface area contributed by atoms with Crippen LogP contribution in [0.1, 0.15) is 13.8 Å². The molecule has 10 heteroatoms. The fourth-order valence-electron chi connectivity index (χ4n) is 1.76. The number of anilines is 2. The lowest BCUT2D eigenvalue weighted by atomic mass is 10.1. The van der Waals surface area contributed by atoms with Gasteiger partial charge in [-0.15, -0.1) is 0 Å². The molecule has 0 aliphatic carbocycles. The number of nitrogens with two attached hydrogens (primary N) is 1. The van der Waals surface area contributed by atoms with Crippen LogP contribution in [0.4, 0.5) is 17.1 Å². The molecule has 0 spiro atoms. The average molecular weight is 317 g/mol. The van der Waals surface area contributed by atoms with Crippen LogP contribution in [0.15, 0.2) is 18.2 Å². The predicted octanol–water partition coefficient (Wildman–Crippen LogP) is 0.620. The highest BCUT2D eigenvalue weighted by atomic mass is 32.2. The van der Waals surface area contributed by atoms with Crippen molar-refractivity contribution < 1.29 is 13.3 Å². The number of nitrogens with zero attached hydrogens (tertiary/aromatic N) is 1. The number of nitrogens with one attached hydrogen (secondary N) is 3. The Bertz CT molecular complexity index is 630. The molecule has 0 saturated heterocycles. The molecule has 118 valence electrons. The fourth-order valence-corrected chi connectivity index (χ4v) is 2.84. The molecule has 0 amide bonds. The Kier molecular flexibility index (Phi) is 5.10. The number of nitrogen functional groups attached to an aromatic ring is 1. The molecule has 0 aliphatic rings. The van der Waals surface area contributed by atoms with E-state index in [1.807, 2.05) is 0 Å². The van der Waals surface area contributed by atoms with Gasteiger partial charge in [0.15, 0.2) is 0 Å². The normalized spacial score (nSPS) is 12.0. The van der Waals surface area contributed by atoms with Crippen molar-refractivity contribution in [2.45, 2.75) is 19.4 Å². The Morgan fingerprint density at radius 1 is 1.29 bits per heavy atom. The van der Waals surface area contributed by atoms with Crippen LogP contribution in [-0.4, -0.2) is 31.7 Å². The second kappa shape index (κ2) is 6.24. The highest BCUT2D eigenvalue weighted by Gasteiger charge is 2.22. The Labute approximate surface area is 123 Å². The van der Waals surface area contributed by atoms with Gasteiger partial charge in [-0.05, 0) is 19.9 Å². The smallest absolute Gasteiger partial charge is 0.273 e. The molecule has 0 heterocycles. The van der Waals surface area contributed by atoms with E-state index in [0.717, 1.165) is 6.26 Å². The van der Waals surface area contributed by atoms with Gasteiger partial charge in [0.05, 0.1) is 16.9 Å². The lowest BCUT2D eigenvalue weighted by Crippen LogP contribution is -2.47. The van der Waals surface area contributed by atoms with Gasteiger partial charge in [-0.2, -0.15) is 0 Å². The largest absolute Gasteiger partial charge is 0.383 e. The predicted molar refractivity (Wildman–Crippen MR) is 81.5 cm³/mol. The second-order valence-electron chi connectivity index (χ2n) is 5.28. The topological polar surface area (TPSA) is 139 Å². The van der Waals surface area contributed by atoms with Crippen LogP contribution in [0, 0.1) is 10.1 Å². The van der Waals surface area contributed by atoms with Crippen LogP contribution in [-0.2, 0) is 10.0 Å². The lowest BCUT2D eigenvalue weighted by molar-refractivity contribution is -0.384. The van der Waals surface area contributed by atoms with Crippen molar-refractivity contribution in [1.82, 2.24) is 4.72 Å². The molecule has 0 saturated carbocycles. The van der Waals surface area contributed by atoms with Gasteiger partial charge in [-0.1, -0.05) is 0 Å². The number of rotatable bonds is 7. The highest BCUT2D eigenvalue weighted by molar-refractivity contribution is 7.88. The molecule has 21 heavy (non-hydrogen) atoms. The zero-order chi connectivity index (χ0) is 16.3. The summed E-state index contributed by atoms with van der Waals surface area (Å²) in [7, 11) is -3.35. The van der Waals surface area contributed by atoms with Crippen molar-refractivity contribution in [3.05, 3.63) is 28.3 Å². The first-order valence-corrected chi connectivity index (χ1v) is 7.90. The van der Waals surface area contributed by atoms with Crippen LogP contribution in [0.5, 0.6) is 0 Å². The van der Waals surface area contributed by atoms with Crippen molar-refractivity contribution >= 4 is 27.1 Å². The van der Waals surface area contributed by atoms with E-state index in [9.17, 15) is 18.5 Å². The van der Waals surface area contributed by atoms with Crippen LogP contribution in [0.3, 0.4) is 0 Å². The maximum absolute atomic E-state index is 11.2. The molecule has 0 aromatic heterocycles. The first-order valence-electron chi connectivity index (χ1n) is 6.01. The van der Waals surface area contributed by atoms with E-state index in [-0.39, 0.29) is 12.2 Å². The molecule has 0 atom stereocenters. The number of hydrogen-bond acceptors (Lipinski definition) is 7. The van der Waals surface area contributed by atoms with Gasteiger partial charge in [0.2, 0.25) is 10.0 Å². The summed E-state index contributed by atoms with van der Waals surface area (Å²) in [6.45, 7) is 3.63. The van der Waals surface area contributed by atoms with E-state index in [2.05, 4.69) is 15.5 Å². The zero-order valence-corrected chi connectivity index (χ0v) is 12.8. The SMILES string of the molecule is CC(C)(CNc1cc(NN)cc([N+](=O)[O-])c1)NS(C)(=O)=O. The summed E-state index contributed by atoms with van der Waals surface area (Å²) in [5, 5.41) is 13.8. The summed E-state index contributed by atoms with van der Waals surface area (Å²) >= 11 is 0. The third kappa shape index (κ3) is 5.94. The zero-order valence-electron chi connectivity index (χ0n) is 12.0. The summed E-state index contributed by atoms with van der Waals surface area (Å²) < 4.78 is 25.0. The van der Waals surface area contributed by atoms with Crippen LogP contribution in [0.2, 0.25) is 0 Å². The fraction of sp³-hybridized carbons (Fsp3) is 0.455. The first kappa shape index (κ1) is 17.1. The van der Waals surface area contributed by atoms with Crippen LogP contribution < -0.4 is 21.3 Å². The van der Waals surface area contributed by atoms with Crippen LogP contribution in [0.25, 0.3) is 0 Å². The van der Waals surface area contributed by atoms with E-state index >= 15 is 0 Å². The van der Waals surface area contributed by atoms with E-state index in [0.29, 0.717) is 11.4 Å². The van der Waals surface area contributed by atoms with Crippen molar-refractivity contribution in [3.63, 3.8) is 0 Å². The van der Waals surface area contributed by atoms with Crippen molar-refractivity contribution in [2.75, 3.05) is 23.5 Å². The minimum atomic E-state index is -3.35. The molecule has 5 N–H and O–H groups in total. The summed E-state index contributed by atoms with van der Waals surface area (Å²) in [4.78, 5) is 10.3. The number of sulfonamides is 1. The van der Waals surface area contributed by atoms with Gasteiger partial charge < -0.3 is 10.7 Å². The van der Waals surface area contributed by atoms with Gasteiger partial charge in [-0.3, -0.25) is 16.0 Å². The molecule has 0 bridgehead atoms. The molecule has 1 aromatic rings. The Morgan fingerprint density at radius 2 is 1.86 bits per heavy atom. The Hall–Kier alpha value is -1.91. The highest BCUT2D eigenvalue weighted by Crippen LogP contribution is 2.24. The molecule has 0 aliphatic heterocycles. The van der Waals surface area contributed by atoms with Crippen molar-refractivity contribution in [2.24, 2.45) is 5.84 Å². The first-order chi connectivity index (χ1) is 9.52. The number of hydrogen-bond donors (Lipinski definition) is 4. The molecule has 0 unspecified atom stereocenters. The number of hydrazine groups is 1. The summed E-state index contributed by atoms with van der Waals surface area (Å²) in [5.74, 6) is 5.26. The number of benzene rings is 1. The summed E-state index contributed by atoms with van der Waals surface area (Å²) in [5.41, 5.74) is 2.30. The third-order valence-electron chi connectivity index (χ3n) is 2.49. The summed E-state index contributed by atoms with van der Waals surface area (Å²) in [6.07, 6.45) is 1.07. The maximum Gasteiger partial charge on any atom is 0.273 e. The third-order valence-corrected chi connectivity index (χ3v) is 3.41. The molecule has 9 nitrogen and oxygen atoms in total. The lowest BCUT2D eigenvalue weighted by Gasteiger charge is -2.25. The maximum atomic E-state index is 11.2. The molecule has 0 radical (unpaired) electrons. The van der Waals surface area contributed by atoms with E-state index < -0.39 is 20.5 Å². The molecule has 1 rings (SSSR count). The van der Waals surface area contributed by atoms with Gasteiger partial charge >= 0.3 is 0 Å². The van der Waals surface area contributed by atoms with Gasteiger partial charge in [0.25, 0.3) is 5.69 Å². The van der Waals surface area contributed by atoms with E-state index in [4.69, 9.17) is 5.84 Å². The molecular formula is C11H19N5O4S. The average Bonchev–Trinajstić information content (AvgIpc) is 2.33. The standard InChI is InChI=1S/C11H19N5O4S/c1-11(2,15-21(3,19)20)7-13-8-4-9(14-12)6-10(5-8)16(17)18/h4-6,13-15H,7,12H2,1-3H3. The number of non-ortho nitro benzene ring substituents is 1. The Morgan fingerprint density at radius 3 is 2.33 bits per heavy atom. The number of nitro benzene ring substituents is 1. The van der Waals surface area contributed by atoms with Gasteiger partial charge in [-0.25, -0.2) is 13.1 Å². The second-order valence-corrected chi connectivity index (χ2v) is 7.03. The monoisotopic (exact) mass is 317 g/mol. The molecule has 1 aromatic carbocycles. The van der Waals surface area contributed by atoms with Crippen LogP contribution >= 0.6 is 0 Å². The summed E-state index contributed by atoms with van der Waals surface area (Å²) in [6, 6.07) is 4.23. The van der Waals surface area contributed by atoms with Gasteiger partial charge in [0, 0.05) is 29.9 Å². The van der Waals surface area contributed by atoms with Crippen molar-refractivity contribution in [1.29, 1.82) is 0 Å². The molecular weight excluding hydrogens is 298 g/mol.